The fraction of sp³-hybridized carbons (Fsp3) is 0.656. The van der Waals surface area contributed by atoms with Gasteiger partial charge < -0.3 is 25.2 Å². The monoisotopic (exact) mass is 548 g/mol. The van der Waals surface area contributed by atoms with Crippen molar-refractivity contribution in [1.29, 1.82) is 0 Å². The summed E-state index contributed by atoms with van der Waals surface area (Å²) < 4.78 is 6.53. The minimum Gasteiger partial charge on any atom is -0.359 e. The van der Waals surface area contributed by atoms with E-state index in [1.165, 1.54) is 12.8 Å². The molecule has 0 aromatic heterocycles. The molecule has 0 unspecified atom stereocenters. The summed E-state index contributed by atoms with van der Waals surface area (Å²) in [5, 5.41) is 6.37. The van der Waals surface area contributed by atoms with E-state index in [-0.39, 0.29) is 23.8 Å². The molecule has 2 N–H and O–H groups in total. The van der Waals surface area contributed by atoms with Crippen molar-refractivity contribution in [3.63, 3.8) is 0 Å². The van der Waals surface area contributed by atoms with Crippen LogP contribution in [-0.2, 0) is 19.1 Å². The molecule has 2 bridgehead atoms. The SMILES string of the molecule is Cc1cccc(NC(=O)[C@@H]2[C@@H]3C=C[C@]4(O3)[C@@H]2C(=O)N(CCN2CCCCC2)[C@H]4C(=O)N[C@@H]2CCC[C@H](C)[C@H]2C)c1. The van der Waals surface area contributed by atoms with E-state index in [9.17, 15) is 14.4 Å². The third-order valence-corrected chi connectivity index (χ3v) is 10.4. The number of carbonyl (C=O) groups excluding carboxylic acids is 3. The maximum Gasteiger partial charge on any atom is 0.246 e. The van der Waals surface area contributed by atoms with Crippen LogP contribution in [0.1, 0.15) is 57.9 Å². The van der Waals surface area contributed by atoms with Crippen LogP contribution in [0.15, 0.2) is 36.4 Å². The molecule has 216 valence electrons. The Hall–Kier alpha value is -2.71. The number of benzene rings is 1. The molecule has 3 saturated heterocycles. The van der Waals surface area contributed by atoms with Crippen molar-refractivity contribution in [2.45, 2.75) is 83.1 Å². The topological polar surface area (TPSA) is 91.0 Å². The van der Waals surface area contributed by atoms with Crippen LogP contribution in [0.25, 0.3) is 0 Å². The maximum absolute atomic E-state index is 14.2. The molecule has 40 heavy (non-hydrogen) atoms. The predicted molar refractivity (Wildman–Crippen MR) is 153 cm³/mol. The van der Waals surface area contributed by atoms with E-state index < -0.39 is 29.6 Å². The smallest absolute Gasteiger partial charge is 0.246 e. The lowest BCUT2D eigenvalue weighted by molar-refractivity contribution is -0.142. The standard InChI is InChI=1S/C32H44N4O4/c1-20-9-7-11-23(19-20)33-29(37)26-25-13-14-32(40-25)27(26)31(39)36(18-17-35-15-5-4-6-16-35)28(32)30(38)34-24-12-8-10-21(2)22(24)3/h7,9,11,13-14,19,21-22,24-28H,4-6,8,10,12,15-18H2,1-3H3,(H,33,37)(H,34,38)/t21-,22+,24+,25-,26+,27-,28-,32-/m0/s1. The largest absolute Gasteiger partial charge is 0.359 e. The lowest BCUT2D eigenvalue weighted by Gasteiger charge is -2.38. The minimum absolute atomic E-state index is 0.0775. The molecule has 8 heteroatoms. The van der Waals surface area contributed by atoms with Crippen molar-refractivity contribution in [3.8, 4) is 0 Å². The Balaban J connectivity index is 1.27. The van der Waals surface area contributed by atoms with Crippen molar-refractivity contribution in [3.05, 3.63) is 42.0 Å². The summed E-state index contributed by atoms with van der Waals surface area (Å²) in [6.45, 7) is 9.67. The molecule has 4 heterocycles. The van der Waals surface area contributed by atoms with Crippen LogP contribution in [0.4, 0.5) is 5.69 Å². The summed E-state index contributed by atoms with van der Waals surface area (Å²) in [6, 6.07) is 6.95. The predicted octanol–water partition coefficient (Wildman–Crippen LogP) is 3.51. The van der Waals surface area contributed by atoms with Gasteiger partial charge in [-0.2, -0.15) is 0 Å². The van der Waals surface area contributed by atoms with Crippen LogP contribution in [0, 0.1) is 30.6 Å². The van der Waals surface area contributed by atoms with E-state index in [1.807, 2.05) is 43.3 Å². The van der Waals surface area contributed by atoms with Crippen LogP contribution in [0.3, 0.4) is 0 Å². The molecule has 1 aromatic rings. The first-order valence-electron chi connectivity index (χ1n) is 15.4. The van der Waals surface area contributed by atoms with Crippen molar-refractivity contribution < 1.29 is 19.1 Å². The molecule has 1 saturated carbocycles. The second-order valence-electron chi connectivity index (χ2n) is 12.9. The molecule has 6 rings (SSSR count). The van der Waals surface area contributed by atoms with E-state index >= 15 is 0 Å². The summed E-state index contributed by atoms with van der Waals surface area (Å²) in [6.07, 6.45) is 10.1. The fourth-order valence-corrected chi connectivity index (χ4v) is 7.94. The molecule has 4 fully saturated rings. The summed E-state index contributed by atoms with van der Waals surface area (Å²) in [5.74, 6) is -1.00. The highest BCUT2D eigenvalue weighted by Gasteiger charge is 2.72. The number of nitrogens with one attached hydrogen (secondary N) is 2. The molecule has 1 aromatic carbocycles. The van der Waals surface area contributed by atoms with Gasteiger partial charge in [-0.25, -0.2) is 0 Å². The number of hydrogen-bond donors (Lipinski definition) is 2. The van der Waals surface area contributed by atoms with E-state index in [2.05, 4.69) is 29.4 Å². The average molecular weight is 549 g/mol. The van der Waals surface area contributed by atoms with Gasteiger partial charge in [-0.1, -0.05) is 57.4 Å². The van der Waals surface area contributed by atoms with E-state index in [4.69, 9.17) is 4.74 Å². The maximum atomic E-state index is 14.2. The van der Waals surface area contributed by atoms with Gasteiger partial charge in [-0.05, 0) is 68.8 Å². The third kappa shape index (κ3) is 4.77. The minimum atomic E-state index is -1.12. The molecular weight excluding hydrogens is 504 g/mol. The molecule has 1 aliphatic carbocycles. The van der Waals surface area contributed by atoms with Crippen molar-refractivity contribution in [2.75, 3.05) is 31.5 Å². The van der Waals surface area contributed by atoms with Crippen molar-refractivity contribution >= 4 is 23.4 Å². The van der Waals surface area contributed by atoms with E-state index in [1.54, 1.807) is 4.90 Å². The highest BCUT2D eigenvalue weighted by atomic mass is 16.5. The number of nitrogens with zero attached hydrogens (tertiary/aromatic N) is 2. The number of hydrogen-bond acceptors (Lipinski definition) is 5. The Morgan fingerprint density at radius 1 is 1.05 bits per heavy atom. The quantitative estimate of drug-likeness (QED) is 0.509. The van der Waals surface area contributed by atoms with Gasteiger partial charge >= 0.3 is 0 Å². The van der Waals surface area contributed by atoms with Crippen LogP contribution in [0.5, 0.6) is 0 Å². The van der Waals surface area contributed by atoms with Gasteiger partial charge in [0, 0.05) is 24.8 Å². The zero-order valence-electron chi connectivity index (χ0n) is 24.1. The Labute approximate surface area is 237 Å². The summed E-state index contributed by atoms with van der Waals surface area (Å²) in [7, 11) is 0. The molecule has 1 spiro atoms. The van der Waals surface area contributed by atoms with Gasteiger partial charge in [0.25, 0.3) is 0 Å². The number of likely N-dealkylation sites (tertiary alicyclic amines) is 2. The second-order valence-corrected chi connectivity index (χ2v) is 12.9. The number of rotatable bonds is 7. The van der Waals surface area contributed by atoms with Crippen LogP contribution < -0.4 is 10.6 Å². The Bertz CT molecular complexity index is 1180. The fourth-order valence-electron chi connectivity index (χ4n) is 7.94. The first-order valence-corrected chi connectivity index (χ1v) is 15.4. The highest BCUT2D eigenvalue weighted by Crippen LogP contribution is 2.55. The Kier molecular flexibility index (Phi) is 7.51. The molecule has 3 amide bonds. The lowest BCUT2D eigenvalue weighted by Crippen LogP contribution is -2.58. The van der Waals surface area contributed by atoms with E-state index in [0.717, 1.165) is 50.9 Å². The van der Waals surface area contributed by atoms with Crippen LogP contribution in [0.2, 0.25) is 0 Å². The number of anilines is 1. The zero-order valence-corrected chi connectivity index (χ0v) is 24.1. The summed E-state index contributed by atoms with van der Waals surface area (Å²) in [4.78, 5) is 46.2. The van der Waals surface area contributed by atoms with Gasteiger partial charge in [-0.15, -0.1) is 0 Å². The van der Waals surface area contributed by atoms with Crippen molar-refractivity contribution in [1.82, 2.24) is 15.1 Å². The number of piperidine rings is 1. The van der Waals surface area contributed by atoms with Gasteiger partial charge in [0.1, 0.15) is 11.6 Å². The average Bonchev–Trinajstić information content (AvgIpc) is 3.58. The van der Waals surface area contributed by atoms with Crippen molar-refractivity contribution in [2.24, 2.45) is 23.7 Å². The Morgan fingerprint density at radius 2 is 1.85 bits per heavy atom. The zero-order chi connectivity index (χ0) is 28.0. The van der Waals surface area contributed by atoms with Gasteiger partial charge in [0.05, 0.1) is 17.9 Å². The summed E-state index contributed by atoms with van der Waals surface area (Å²) in [5.41, 5.74) is 0.626. The third-order valence-electron chi connectivity index (χ3n) is 10.4. The summed E-state index contributed by atoms with van der Waals surface area (Å²) >= 11 is 0. The van der Waals surface area contributed by atoms with Gasteiger partial charge in [0.15, 0.2) is 0 Å². The normalized spacial score (nSPS) is 37.0. The number of amides is 3. The number of ether oxygens (including phenoxy) is 1. The Morgan fingerprint density at radius 3 is 2.62 bits per heavy atom. The molecule has 0 radical (unpaired) electrons. The first kappa shape index (κ1) is 27.5. The number of fused-ring (bicyclic) bond motifs is 1. The molecular formula is C32H44N4O4. The highest BCUT2D eigenvalue weighted by molar-refractivity contribution is 6.02. The number of aryl methyl sites for hydroxylation is 1. The second kappa shape index (κ2) is 10.9. The lowest BCUT2D eigenvalue weighted by atomic mass is 9.73. The van der Waals surface area contributed by atoms with Gasteiger partial charge in [-0.3, -0.25) is 14.4 Å². The molecule has 4 aliphatic heterocycles. The first-order chi connectivity index (χ1) is 19.3. The van der Waals surface area contributed by atoms with Crippen LogP contribution >= 0.6 is 0 Å². The van der Waals surface area contributed by atoms with Crippen LogP contribution in [-0.4, -0.2) is 77.5 Å². The molecule has 8 nitrogen and oxygen atoms in total. The molecule has 5 aliphatic rings. The molecule has 8 atom stereocenters. The van der Waals surface area contributed by atoms with E-state index in [0.29, 0.717) is 24.1 Å². The number of carbonyl (C=O) groups is 3. The van der Waals surface area contributed by atoms with Gasteiger partial charge in [0.2, 0.25) is 17.7 Å².